The van der Waals surface area contributed by atoms with Crippen LogP contribution in [-0.4, -0.2) is 30.7 Å². The van der Waals surface area contributed by atoms with Gasteiger partial charge in [0.05, 0.1) is 5.69 Å². The maximum atomic E-state index is 12.7. The Balaban J connectivity index is 1.45. The molecule has 0 atom stereocenters. The number of para-hydroxylation sites is 2. The molecule has 2 aromatic carbocycles. The zero-order chi connectivity index (χ0) is 24.0. The van der Waals surface area contributed by atoms with Gasteiger partial charge in [0.2, 0.25) is 5.91 Å². The molecule has 33 heavy (non-hydrogen) atoms. The van der Waals surface area contributed by atoms with Gasteiger partial charge in [-0.25, -0.2) is 4.98 Å². The topological polar surface area (TPSA) is 58.4 Å². The van der Waals surface area contributed by atoms with E-state index in [9.17, 15) is 4.79 Å². The highest BCUT2D eigenvalue weighted by Crippen LogP contribution is 2.33. The van der Waals surface area contributed by atoms with E-state index < -0.39 is 0 Å². The van der Waals surface area contributed by atoms with Crippen LogP contribution >= 0.6 is 11.8 Å². The van der Waals surface area contributed by atoms with E-state index in [0.717, 1.165) is 47.5 Å². The first kappa shape index (κ1) is 25.2. The number of amides is 1. The quantitative estimate of drug-likeness (QED) is 0.235. The van der Waals surface area contributed by atoms with Crippen LogP contribution in [0.2, 0.25) is 0 Å². The number of thioether (sulfide) groups is 1. The van der Waals surface area contributed by atoms with Crippen molar-refractivity contribution in [1.29, 1.82) is 0 Å². The summed E-state index contributed by atoms with van der Waals surface area (Å²) >= 11 is 1.64. The second kappa shape index (κ2) is 11.6. The van der Waals surface area contributed by atoms with Gasteiger partial charge in [-0.2, -0.15) is 0 Å². The van der Waals surface area contributed by atoms with E-state index >= 15 is 0 Å². The van der Waals surface area contributed by atoms with Gasteiger partial charge < -0.3 is 14.6 Å². The highest BCUT2D eigenvalue weighted by atomic mass is 32.2. The van der Waals surface area contributed by atoms with Crippen LogP contribution in [0.15, 0.2) is 46.0 Å². The first-order chi connectivity index (χ1) is 15.8. The molecule has 0 aliphatic heterocycles. The van der Waals surface area contributed by atoms with Crippen molar-refractivity contribution in [2.45, 2.75) is 70.4 Å². The number of fused-ring (bicyclic) bond motifs is 1. The molecule has 0 unspecified atom stereocenters. The van der Waals surface area contributed by atoms with Crippen LogP contribution in [0.1, 0.15) is 76.3 Å². The minimum absolute atomic E-state index is 0.104. The fraction of sp³-hybridized carbons (Fsp3) is 0.481. The van der Waals surface area contributed by atoms with Crippen molar-refractivity contribution in [3.8, 4) is 0 Å². The van der Waals surface area contributed by atoms with Gasteiger partial charge in [0.25, 0.3) is 5.22 Å². The Morgan fingerprint density at radius 3 is 2.30 bits per heavy atom. The summed E-state index contributed by atoms with van der Waals surface area (Å²) in [6.45, 7) is 8.69. The Labute approximate surface area is 202 Å². The third-order valence-corrected chi connectivity index (χ3v) is 6.68. The molecule has 0 bridgehead atoms. The largest absolute Gasteiger partial charge is 0.429 e. The molecule has 0 aliphatic carbocycles. The van der Waals surface area contributed by atoms with Crippen LogP contribution in [-0.2, 0) is 4.79 Å². The van der Waals surface area contributed by atoms with E-state index in [1.54, 1.807) is 11.8 Å². The molecule has 0 saturated carbocycles. The molecular formula is C27H37N3O2S. The van der Waals surface area contributed by atoms with Gasteiger partial charge in [0.1, 0.15) is 5.52 Å². The number of aromatic nitrogens is 1. The number of anilines is 2. The number of nitrogens with one attached hydrogen (secondary N) is 1. The Bertz CT molecular complexity index is 1050. The molecule has 3 rings (SSSR count). The normalized spacial score (nSPS) is 11.5. The van der Waals surface area contributed by atoms with Crippen LogP contribution in [0.4, 0.5) is 11.4 Å². The first-order valence-corrected chi connectivity index (χ1v) is 12.9. The number of carbonyl (C=O) groups is 1. The third-order valence-electron chi connectivity index (χ3n) is 5.77. The number of oxazole rings is 1. The van der Waals surface area contributed by atoms with Crippen molar-refractivity contribution < 1.29 is 9.21 Å². The summed E-state index contributed by atoms with van der Waals surface area (Å²) in [5.41, 5.74) is 6.20. The van der Waals surface area contributed by atoms with Crippen LogP contribution in [0, 0.1) is 0 Å². The molecule has 1 aromatic heterocycles. The Morgan fingerprint density at radius 2 is 1.67 bits per heavy atom. The molecule has 6 heteroatoms. The van der Waals surface area contributed by atoms with Crippen LogP contribution in [0.5, 0.6) is 0 Å². The molecule has 3 aromatic rings. The average Bonchev–Trinajstić information content (AvgIpc) is 3.18. The van der Waals surface area contributed by atoms with Gasteiger partial charge >= 0.3 is 0 Å². The lowest BCUT2D eigenvalue weighted by atomic mass is 9.92. The minimum Gasteiger partial charge on any atom is -0.429 e. The van der Waals surface area contributed by atoms with Gasteiger partial charge in [-0.1, -0.05) is 70.1 Å². The summed E-state index contributed by atoms with van der Waals surface area (Å²) in [7, 11) is 4.01. The van der Waals surface area contributed by atoms with Crippen molar-refractivity contribution in [3.05, 3.63) is 47.5 Å². The molecule has 0 radical (unpaired) electrons. The fourth-order valence-electron chi connectivity index (χ4n) is 3.95. The van der Waals surface area contributed by atoms with Gasteiger partial charge in [0.15, 0.2) is 5.58 Å². The summed E-state index contributed by atoms with van der Waals surface area (Å²) in [4.78, 5) is 19.3. The molecular weight excluding hydrogens is 430 g/mol. The van der Waals surface area contributed by atoms with Gasteiger partial charge in [-0.15, -0.1) is 0 Å². The van der Waals surface area contributed by atoms with E-state index in [1.807, 2.05) is 37.2 Å². The van der Waals surface area contributed by atoms with Crippen LogP contribution in [0.3, 0.4) is 0 Å². The molecule has 5 nitrogen and oxygen atoms in total. The standard InChI is InChI=1S/C27H37N3O2S/c1-18(2)20-12-10-13-21(19(3)4)25(20)29-24(31)16-8-7-9-17-33-27-28-22-14-11-15-23(30(5)6)26(22)32-27/h10-15,18-19H,7-9,16-17H2,1-6H3,(H,29,31). The molecule has 0 fully saturated rings. The molecule has 0 saturated heterocycles. The molecule has 178 valence electrons. The monoisotopic (exact) mass is 467 g/mol. The van der Waals surface area contributed by atoms with Gasteiger partial charge in [-0.3, -0.25) is 4.79 Å². The highest BCUT2D eigenvalue weighted by molar-refractivity contribution is 7.99. The smallest absolute Gasteiger partial charge is 0.256 e. The number of carbonyl (C=O) groups excluding carboxylic acids is 1. The highest BCUT2D eigenvalue weighted by Gasteiger charge is 2.16. The summed E-state index contributed by atoms with van der Waals surface area (Å²) in [5, 5.41) is 3.93. The van der Waals surface area contributed by atoms with E-state index in [-0.39, 0.29) is 5.91 Å². The zero-order valence-electron chi connectivity index (χ0n) is 20.8. The Hall–Kier alpha value is -2.47. The van der Waals surface area contributed by atoms with Crippen molar-refractivity contribution in [2.24, 2.45) is 0 Å². The van der Waals surface area contributed by atoms with Crippen molar-refractivity contribution in [2.75, 3.05) is 30.1 Å². The molecule has 1 N–H and O–H groups in total. The SMILES string of the molecule is CC(C)c1cccc(C(C)C)c1NC(=O)CCCCCSc1nc2cccc(N(C)C)c2o1. The van der Waals surface area contributed by atoms with E-state index in [4.69, 9.17) is 4.42 Å². The summed E-state index contributed by atoms with van der Waals surface area (Å²) in [6, 6.07) is 12.4. The summed E-state index contributed by atoms with van der Waals surface area (Å²) in [6.07, 6.45) is 3.46. The average molecular weight is 468 g/mol. The zero-order valence-corrected chi connectivity index (χ0v) is 21.6. The molecule has 0 aliphatic rings. The molecule has 1 amide bonds. The number of benzene rings is 2. The van der Waals surface area contributed by atoms with Crippen molar-refractivity contribution in [3.63, 3.8) is 0 Å². The van der Waals surface area contributed by atoms with E-state index in [0.29, 0.717) is 23.5 Å². The number of nitrogens with zero attached hydrogens (tertiary/aromatic N) is 2. The number of hydrogen-bond donors (Lipinski definition) is 1. The number of rotatable bonds is 11. The molecule has 0 spiro atoms. The van der Waals surface area contributed by atoms with Gasteiger partial charge in [-0.05, 0) is 47.9 Å². The lowest BCUT2D eigenvalue weighted by Crippen LogP contribution is -2.15. The van der Waals surface area contributed by atoms with Gasteiger partial charge in [0, 0.05) is 32.0 Å². The lowest BCUT2D eigenvalue weighted by molar-refractivity contribution is -0.116. The van der Waals surface area contributed by atoms with Crippen LogP contribution < -0.4 is 10.2 Å². The van der Waals surface area contributed by atoms with Crippen molar-refractivity contribution >= 4 is 40.1 Å². The first-order valence-electron chi connectivity index (χ1n) is 11.9. The second-order valence-corrected chi connectivity index (χ2v) is 10.4. The Morgan fingerprint density at radius 1 is 1.00 bits per heavy atom. The second-order valence-electron chi connectivity index (χ2n) is 9.33. The maximum absolute atomic E-state index is 12.7. The van der Waals surface area contributed by atoms with E-state index in [2.05, 4.69) is 56.2 Å². The minimum atomic E-state index is 0.104. The predicted octanol–water partition coefficient (Wildman–Crippen LogP) is 7.43. The van der Waals surface area contributed by atoms with Crippen molar-refractivity contribution in [1.82, 2.24) is 4.98 Å². The fourth-order valence-corrected chi connectivity index (χ4v) is 4.78. The maximum Gasteiger partial charge on any atom is 0.256 e. The third kappa shape index (κ3) is 6.53. The van der Waals surface area contributed by atoms with E-state index in [1.165, 1.54) is 11.1 Å². The van der Waals surface area contributed by atoms with Crippen LogP contribution in [0.25, 0.3) is 11.1 Å². The summed E-state index contributed by atoms with van der Waals surface area (Å²) in [5.74, 6) is 1.78. The number of hydrogen-bond acceptors (Lipinski definition) is 5. The summed E-state index contributed by atoms with van der Waals surface area (Å²) < 4.78 is 5.98. The Kier molecular flexibility index (Phi) is 8.84. The predicted molar refractivity (Wildman–Crippen MR) is 141 cm³/mol. The lowest BCUT2D eigenvalue weighted by Gasteiger charge is -2.20. The number of unbranched alkanes of at least 4 members (excludes halogenated alkanes) is 2. The molecule has 1 heterocycles.